The van der Waals surface area contributed by atoms with Crippen LogP contribution in [0.5, 0.6) is 0 Å². The topological polar surface area (TPSA) is 80.1 Å². The van der Waals surface area contributed by atoms with Crippen LogP contribution in [0.15, 0.2) is 22.7 Å². The van der Waals surface area contributed by atoms with Gasteiger partial charge in [-0.3, -0.25) is 9.69 Å². The van der Waals surface area contributed by atoms with E-state index in [2.05, 4.69) is 31.5 Å². The van der Waals surface area contributed by atoms with Crippen LogP contribution >= 0.6 is 23.1 Å². The molecular weight excluding hydrogens is 346 g/mol. The molecule has 1 N–H and O–H groups in total. The normalized spacial score (nSPS) is 17.3. The first-order chi connectivity index (χ1) is 11.7. The molecule has 0 unspecified atom stereocenters. The van der Waals surface area contributed by atoms with Gasteiger partial charge in [0.1, 0.15) is 5.82 Å². The van der Waals surface area contributed by atoms with E-state index >= 15 is 0 Å². The number of carbonyl (C=O) groups excluding carboxylic acids is 2. The molecule has 0 aromatic carbocycles. The lowest BCUT2D eigenvalue weighted by Gasteiger charge is -2.12. The van der Waals surface area contributed by atoms with Crippen molar-refractivity contribution in [1.82, 2.24) is 25.0 Å². The maximum Gasteiger partial charge on any atom is 0.324 e. The van der Waals surface area contributed by atoms with Gasteiger partial charge in [-0.25, -0.2) is 4.79 Å². The fourth-order valence-electron chi connectivity index (χ4n) is 2.71. The van der Waals surface area contributed by atoms with Gasteiger partial charge in [-0.15, -0.1) is 21.5 Å². The molecule has 126 valence electrons. The molecule has 0 radical (unpaired) electrons. The molecule has 1 aliphatic heterocycles. The minimum Gasteiger partial charge on any atom is -0.336 e. The molecule has 4 rings (SSSR count). The Morgan fingerprint density at radius 1 is 1.42 bits per heavy atom. The Hall–Kier alpha value is -1.87. The monoisotopic (exact) mass is 363 g/mol. The number of nitrogens with one attached hydrogen (secondary N) is 1. The molecule has 1 aliphatic carbocycles. The average Bonchev–Trinajstić information content (AvgIpc) is 2.98. The smallest absolute Gasteiger partial charge is 0.324 e. The lowest BCUT2D eigenvalue weighted by Crippen LogP contribution is -2.35. The number of thiophene rings is 1. The summed E-state index contributed by atoms with van der Waals surface area (Å²) < 4.78 is 2.17. The van der Waals surface area contributed by atoms with Crippen LogP contribution < -0.4 is 5.32 Å². The van der Waals surface area contributed by atoms with E-state index in [0.29, 0.717) is 19.1 Å². The molecule has 9 heteroatoms. The number of rotatable bonds is 6. The van der Waals surface area contributed by atoms with Gasteiger partial charge in [-0.1, -0.05) is 17.8 Å². The molecule has 0 atom stereocenters. The molecule has 2 aromatic rings. The summed E-state index contributed by atoms with van der Waals surface area (Å²) >= 11 is 3.08. The van der Waals surface area contributed by atoms with Gasteiger partial charge < -0.3 is 9.88 Å². The van der Waals surface area contributed by atoms with E-state index in [1.807, 2.05) is 6.07 Å². The Kier molecular flexibility index (Phi) is 4.28. The van der Waals surface area contributed by atoms with E-state index in [1.54, 1.807) is 11.3 Å². The highest BCUT2D eigenvalue weighted by Crippen LogP contribution is 2.39. The van der Waals surface area contributed by atoms with Crippen molar-refractivity contribution in [1.29, 1.82) is 0 Å². The van der Waals surface area contributed by atoms with Crippen molar-refractivity contribution >= 4 is 35.0 Å². The Morgan fingerprint density at radius 2 is 2.29 bits per heavy atom. The quantitative estimate of drug-likeness (QED) is 0.793. The summed E-state index contributed by atoms with van der Waals surface area (Å²) in [6, 6.07) is 4.27. The Morgan fingerprint density at radius 3 is 2.96 bits per heavy atom. The van der Waals surface area contributed by atoms with Gasteiger partial charge in [0.2, 0.25) is 5.91 Å². The maximum absolute atomic E-state index is 12.2. The fraction of sp³-hybridized carbons (Fsp3) is 0.467. The van der Waals surface area contributed by atoms with Crippen molar-refractivity contribution in [3.8, 4) is 0 Å². The van der Waals surface area contributed by atoms with E-state index in [4.69, 9.17) is 0 Å². The molecule has 0 bridgehead atoms. The van der Waals surface area contributed by atoms with Crippen LogP contribution in [0.25, 0.3) is 0 Å². The minimum absolute atomic E-state index is 0.180. The van der Waals surface area contributed by atoms with Crippen LogP contribution in [-0.4, -0.2) is 50.4 Å². The molecule has 0 spiro atoms. The van der Waals surface area contributed by atoms with Crippen LogP contribution in [0.3, 0.4) is 0 Å². The van der Waals surface area contributed by atoms with Crippen LogP contribution in [0.4, 0.5) is 4.79 Å². The Labute approximate surface area is 147 Å². The number of thioether (sulfide) groups is 1. The summed E-state index contributed by atoms with van der Waals surface area (Å²) in [5, 5.41) is 14.1. The standard InChI is InChI=1S/C15H17N5O2S2/c21-13(19-6-5-16-14(19)22)9-24-15-18-17-12(20(15)10-3-4-10)8-11-2-1-7-23-11/h1-2,7,10H,3-6,8-9H2,(H,16,22). The third-order valence-corrected chi connectivity index (χ3v) is 5.85. The molecule has 2 aliphatic rings. The first-order valence-corrected chi connectivity index (χ1v) is 9.76. The van der Waals surface area contributed by atoms with Gasteiger partial charge in [-0.2, -0.15) is 0 Å². The third kappa shape index (κ3) is 3.18. The molecule has 3 amide bonds. The average molecular weight is 363 g/mol. The Balaban J connectivity index is 1.46. The van der Waals surface area contributed by atoms with Gasteiger partial charge in [0.25, 0.3) is 0 Å². The molecule has 3 heterocycles. The van der Waals surface area contributed by atoms with Crippen molar-refractivity contribution in [2.45, 2.75) is 30.5 Å². The first kappa shape index (κ1) is 15.6. The van der Waals surface area contributed by atoms with E-state index in [1.165, 1.54) is 21.5 Å². The van der Waals surface area contributed by atoms with Crippen molar-refractivity contribution in [3.63, 3.8) is 0 Å². The molecule has 7 nitrogen and oxygen atoms in total. The second kappa shape index (κ2) is 6.56. The summed E-state index contributed by atoms with van der Waals surface area (Å²) in [6.07, 6.45) is 3.03. The summed E-state index contributed by atoms with van der Waals surface area (Å²) in [5.74, 6) is 0.978. The Bertz CT molecular complexity index is 754. The molecular formula is C15H17N5O2S2. The highest BCUT2D eigenvalue weighted by Gasteiger charge is 2.31. The van der Waals surface area contributed by atoms with Crippen LogP contribution in [0.2, 0.25) is 0 Å². The summed E-state index contributed by atoms with van der Waals surface area (Å²) in [4.78, 5) is 26.2. The molecule has 2 aromatic heterocycles. The second-order valence-electron chi connectivity index (χ2n) is 5.82. The predicted molar refractivity (Wildman–Crippen MR) is 91.3 cm³/mol. The van der Waals surface area contributed by atoms with Gasteiger partial charge in [0, 0.05) is 30.4 Å². The molecule has 24 heavy (non-hydrogen) atoms. The number of carbonyl (C=O) groups is 2. The maximum atomic E-state index is 12.2. The highest BCUT2D eigenvalue weighted by molar-refractivity contribution is 7.99. The largest absolute Gasteiger partial charge is 0.336 e. The summed E-state index contributed by atoms with van der Waals surface area (Å²) in [6.45, 7) is 0.968. The van der Waals surface area contributed by atoms with Crippen LogP contribution in [0, 0.1) is 0 Å². The number of hydrogen-bond donors (Lipinski definition) is 1. The number of urea groups is 1. The van der Waals surface area contributed by atoms with E-state index in [9.17, 15) is 9.59 Å². The van der Waals surface area contributed by atoms with Crippen LogP contribution in [0.1, 0.15) is 29.6 Å². The SMILES string of the molecule is O=C(CSc1nnc(Cc2cccs2)n1C1CC1)N1CCNC1=O. The molecule has 2 fully saturated rings. The van der Waals surface area contributed by atoms with Gasteiger partial charge in [0.05, 0.1) is 5.75 Å². The minimum atomic E-state index is -0.303. The number of amides is 3. The summed E-state index contributed by atoms with van der Waals surface area (Å²) in [7, 11) is 0. The zero-order chi connectivity index (χ0) is 16.5. The lowest BCUT2D eigenvalue weighted by atomic mass is 10.3. The van der Waals surface area contributed by atoms with Crippen molar-refractivity contribution in [3.05, 3.63) is 28.2 Å². The van der Waals surface area contributed by atoms with Gasteiger partial charge in [0.15, 0.2) is 5.16 Å². The van der Waals surface area contributed by atoms with Gasteiger partial charge in [-0.05, 0) is 24.3 Å². The molecule has 1 saturated carbocycles. The first-order valence-electron chi connectivity index (χ1n) is 7.89. The zero-order valence-corrected chi connectivity index (χ0v) is 14.6. The third-order valence-electron chi connectivity index (χ3n) is 4.04. The highest BCUT2D eigenvalue weighted by atomic mass is 32.2. The lowest BCUT2D eigenvalue weighted by molar-refractivity contribution is -0.124. The summed E-state index contributed by atoms with van der Waals surface area (Å²) in [5.41, 5.74) is 0. The number of nitrogens with zero attached hydrogens (tertiary/aromatic N) is 4. The van der Waals surface area contributed by atoms with Gasteiger partial charge >= 0.3 is 6.03 Å². The van der Waals surface area contributed by atoms with Crippen molar-refractivity contribution in [2.75, 3.05) is 18.8 Å². The van der Waals surface area contributed by atoms with Crippen molar-refractivity contribution in [2.24, 2.45) is 0 Å². The number of imide groups is 1. The van der Waals surface area contributed by atoms with Crippen molar-refractivity contribution < 1.29 is 9.59 Å². The zero-order valence-electron chi connectivity index (χ0n) is 13.0. The molecule has 1 saturated heterocycles. The van der Waals surface area contributed by atoms with Crippen LogP contribution in [-0.2, 0) is 11.2 Å². The predicted octanol–water partition coefficient (Wildman–Crippen LogP) is 1.91. The van der Waals surface area contributed by atoms with E-state index in [-0.39, 0.29) is 17.7 Å². The number of hydrogen-bond acceptors (Lipinski definition) is 6. The second-order valence-corrected chi connectivity index (χ2v) is 7.80. The van der Waals surface area contributed by atoms with E-state index < -0.39 is 0 Å². The number of aromatic nitrogens is 3. The fourth-order valence-corrected chi connectivity index (χ4v) is 4.31. The van der Waals surface area contributed by atoms with E-state index in [0.717, 1.165) is 30.2 Å².